The second kappa shape index (κ2) is 8.23. The molecule has 0 spiro atoms. The van der Waals surface area contributed by atoms with Gasteiger partial charge in [0.25, 0.3) is 5.91 Å². The van der Waals surface area contributed by atoms with Crippen LogP contribution in [0.3, 0.4) is 0 Å². The summed E-state index contributed by atoms with van der Waals surface area (Å²) in [4.78, 5) is 12.4. The molecular weight excluding hydrogens is 328 g/mol. The molecule has 0 saturated carbocycles. The van der Waals surface area contributed by atoms with Crippen LogP contribution in [0.2, 0.25) is 5.02 Å². The van der Waals surface area contributed by atoms with E-state index in [1.807, 2.05) is 6.92 Å². The van der Waals surface area contributed by atoms with E-state index in [0.717, 1.165) is 5.56 Å². The van der Waals surface area contributed by atoms with Crippen molar-refractivity contribution in [1.29, 1.82) is 5.26 Å². The summed E-state index contributed by atoms with van der Waals surface area (Å²) in [5.74, 6) is 0.504. The lowest BCUT2D eigenvalue weighted by molar-refractivity contribution is 0.102. The van der Waals surface area contributed by atoms with Gasteiger partial charge < -0.3 is 14.8 Å². The minimum atomic E-state index is -0.314. The molecule has 0 aliphatic carbocycles. The van der Waals surface area contributed by atoms with Crippen molar-refractivity contribution in [3.63, 3.8) is 0 Å². The van der Waals surface area contributed by atoms with E-state index in [-0.39, 0.29) is 5.91 Å². The number of ether oxygens (including phenoxy) is 2. The van der Waals surface area contributed by atoms with Gasteiger partial charge in [-0.2, -0.15) is 5.26 Å². The summed E-state index contributed by atoms with van der Waals surface area (Å²) in [5.41, 5.74) is 1.88. The lowest BCUT2D eigenvalue weighted by atomic mass is 10.1. The molecule has 2 aromatic rings. The molecule has 0 unspecified atom stereocenters. The molecule has 2 aromatic carbocycles. The molecule has 5 nitrogen and oxygen atoms in total. The van der Waals surface area contributed by atoms with Gasteiger partial charge in [0.1, 0.15) is 0 Å². The summed E-state index contributed by atoms with van der Waals surface area (Å²) in [6.45, 7) is 2.28. The molecule has 0 saturated heterocycles. The number of hydrogen-bond donors (Lipinski definition) is 1. The van der Waals surface area contributed by atoms with Crippen molar-refractivity contribution in [3.8, 4) is 17.6 Å². The standard InChI is InChI=1S/C18H17ClN2O3/c1-3-24-17-15(19)10-13(11-16(17)23-2)18(22)21-14-6-4-12(5-7-14)8-9-20/h4-7,10-11H,3,8H2,1-2H3,(H,21,22). The highest BCUT2D eigenvalue weighted by molar-refractivity contribution is 6.32. The second-order valence-corrected chi connectivity index (χ2v) is 5.32. The molecule has 0 aromatic heterocycles. The maximum atomic E-state index is 12.4. The van der Waals surface area contributed by atoms with Gasteiger partial charge in [0.2, 0.25) is 0 Å². The van der Waals surface area contributed by atoms with Gasteiger partial charge in [0, 0.05) is 11.3 Å². The van der Waals surface area contributed by atoms with Crippen LogP contribution in [0.5, 0.6) is 11.5 Å². The average molecular weight is 345 g/mol. The smallest absolute Gasteiger partial charge is 0.255 e. The molecule has 0 heterocycles. The van der Waals surface area contributed by atoms with Gasteiger partial charge in [-0.15, -0.1) is 0 Å². The van der Waals surface area contributed by atoms with Crippen LogP contribution < -0.4 is 14.8 Å². The van der Waals surface area contributed by atoms with E-state index in [9.17, 15) is 4.79 Å². The van der Waals surface area contributed by atoms with Crippen LogP contribution in [-0.2, 0) is 6.42 Å². The van der Waals surface area contributed by atoms with E-state index in [2.05, 4.69) is 11.4 Å². The fourth-order valence-electron chi connectivity index (χ4n) is 2.14. The first-order chi connectivity index (χ1) is 11.6. The number of nitrogens with one attached hydrogen (secondary N) is 1. The highest BCUT2D eigenvalue weighted by Crippen LogP contribution is 2.36. The van der Waals surface area contributed by atoms with E-state index in [1.54, 1.807) is 30.3 Å². The van der Waals surface area contributed by atoms with Crippen LogP contribution in [0.15, 0.2) is 36.4 Å². The molecule has 0 bridgehead atoms. The molecular formula is C18H17ClN2O3. The number of carbonyl (C=O) groups excluding carboxylic acids is 1. The monoisotopic (exact) mass is 344 g/mol. The van der Waals surface area contributed by atoms with Crippen molar-refractivity contribution in [2.75, 3.05) is 19.0 Å². The van der Waals surface area contributed by atoms with Crippen molar-refractivity contribution in [1.82, 2.24) is 0 Å². The van der Waals surface area contributed by atoms with Crippen LogP contribution in [-0.4, -0.2) is 19.6 Å². The lowest BCUT2D eigenvalue weighted by Crippen LogP contribution is -2.12. The Balaban J connectivity index is 2.20. The first-order valence-electron chi connectivity index (χ1n) is 7.36. The minimum absolute atomic E-state index is 0.311. The van der Waals surface area contributed by atoms with Crippen molar-refractivity contribution in [2.45, 2.75) is 13.3 Å². The second-order valence-electron chi connectivity index (χ2n) is 4.91. The molecule has 0 radical (unpaired) electrons. The largest absolute Gasteiger partial charge is 0.493 e. The molecule has 0 atom stereocenters. The first kappa shape index (κ1) is 17.6. The van der Waals surface area contributed by atoms with Crippen molar-refractivity contribution in [2.24, 2.45) is 0 Å². The predicted molar refractivity (Wildman–Crippen MR) is 92.9 cm³/mol. The maximum absolute atomic E-state index is 12.4. The molecule has 6 heteroatoms. The number of methoxy groups -OCH3 is 1. The number of nitriles is 1. The van der Waals surface area contributed by atoms with E-state index < -0.39 is 0 Å². The Kier molecular flexibility index (Phi) is 6.05. The molecule has 2 rings (SSSR count). The molecule has 24 heavy (non-hydrogen) atoms. The Labute approximate surface area is 145 Å². The van der Waals surface area contributed by atoms with Crippen LogP contribution >= 0.6 is 11.6 Å². The zero-order valence-corrected chi connectivity index (χ0v) is 14.2. The summed E-state index contributed by atoms with van der Waals surface area (Å²) in [7, 11) is 1.49. The Hall–Kier alpha value is -2.71. The maximum Gasteiger partial charge on any atom is 0.255 e. The van der Waals surface area contributed by atoms with Crippen LogP contribution in [0, 0.1) is 11.3 Å². The third kappa shape index (κ3) is 4.18. The van der Waals surface area contributed by atoms with Gasteiger partial charge in [0.15, 0.2) is 11.5 Å². The highest BCUT2D eigenvalue weighted by Gasteiger charge is 2.15. The SMILES string of the molecule is CCOc1c(Cl)cc(C(=O)Nc2ccc(CC#N)cc2)cc1OC. The fourth-order valence-corrected chi connectivity index (χ4v) is 2.40. The van der Waals surface area contributed by atoms with Crippen LogP contribution in [0.1, 0.15) is 22.8 Å². The quantitative estimate of drug-likeness (QED) is 0.857. The van der Waals surface area contributed by atoms with Crippen molar-refractivity contribution >= 4 is 23.2 Å². The van der Waals surface area contributed by atoms with Gasteiger partial charge in [-0.3, -0.25) is 4.79 Å². The Morgan fingerprint density at radius 1 is 1.29 bits per heavy atom. The van der Waals surface area contributed by atoms with E-state index in [0.29, 0.717) is 40.8 Å². The van der Waals surface area contributed by atoms with Crippen molar-refractivity contribution in [3.05, 3.63) is 52.5 Å². The summed E-state index contributed by atoms with van der Waals surface area (Å²) < 4.78 is 10.7. The third-order valence-electron chi connectivity index (χ3n) is 3.28. The number of halogens is 1. The molecule has 124 valence electrons. The van der Waals surface area contributed by atoms with E-state index in [1.165, 1.54) is 13.2 Å². The summed E-state index contributed by atoms with van der Waals surface area (Å²) in [5, 5.41) is 11.8. The van der Waals surface area contributed by atoms with Gasteiger partial charge in [0.05, 0.1) is 31.2 Å². The Morgan fingerprint density at radius 3 is 2.58 bits per heavy atom. The van der Waals surface area contributed by atoms with E-state index >= 15 is 0 Å². The van der Waals surface area contributed by atoms with Gasteiger partial charge in [-0.05, 0) is 36.8 Å². The third-order valence-corrected chi connectivity index (χ3v) is 3.56. The lowest BCUT2D eigenvalue weighted by Gasteiger charge is -2.13. The number of rotatable bonds is 6. The topological polar surface area (TPSA) is 71.3 Å². The number of benzene rings is 2. The highest BCUT2D eigenvalue weighted by atomic mass is 35.5. The first-order valence-corrected chi connectivity index (χ1v) is 7.74. The molecule has 1 amide bonds. The van der Waals surface area contributed by atoms with Gasteiger partial charge in [-0.25, -0.2) is 0 Å². The van der Waals surface area contributed by atoms with Crippen LogP contribution in [0.25, 0.3) is 0 Å². The number of anilines is 1. The van der Waals surface area contributed by atoms with Crippen molar-refractivity contribution < 1.29 is 14.3 Å². The van der Waals surface area contributed by atoms with Gasteiger partial charge >= 0.3 is 0 Å². The number of hydrogen-bond acceptors (Lipinski definition) is 4. The zero-order chi connectivity index (χ0) is 17.5. The summed E-state index contributed by atoms with van der Waals surface area (Å²) >= 11 is 6.18. The minimum Gasteiger partial charge on any atom is -0.493 e. The molecule has 0 aliphatic heterocycles. The van der Waals surface area contributed by atoms with Gasteiger partial charge in [-0.1, -0.05) is 23.7 Å². The van der Waals surface area contributed by atoms with E-state index in [4.69, 9.17) is 26.3 Å². The number of nitrogens with zero attached hydrogens (tertiary/aromatic N) is 1. The normalized spacial score (nSPS) is 9.92. The number of amides is 1. The Bertz CT molecular complexity index is 767. The average Bonchev–Trinajstić information content (AvgIpc) is 2.58. The van der Waals surface area contributed by atoms with Crippen LogP contribution in [0.4, 0.5) is 5.69 Å². The summed E-state index contributed by atoms with van der Waals surface area (Å²) in [6.07, 6.45) is 0.333. The Morgan fingerprint density at radius 2 is 2.00 bits per heavy atom. The molecule has 1 N–H and O–H groups in total. The summed E-state index contributed by atoms with van der Waals surface area (Å²) in [6, 6.07) is 12.3. The zero-order valence-electron chi connectivity index (χ0n) is 13.4. The molecule has 0 aliphatic rings. The molecule has 0 fully saturated rings. The predicted octanol–water partition coefficient (Wildman–Crippen LogP) is 4.07. The number of carbonyl (C=O) groups is 1. The fraction of sp³-hybridized carbons (Fsp3) is 0.222.